The summed E-state index contributed by atoms with van der Waals surface area (Å²) in [6.45, 7) is 1.93. The minimum Gasteiger partial charge on any atom is -0.481 e. The lowest BCUT2D eigenvalue weighted by Crippen LogP contribution is -2.32. The van der Waals surface area contributed by atoms with Crippen LogP contribution in [0.2, 0.25) is 0 Å². The Morgan fingerprint density at radius 1 is 1.05 bits per heavy atom. The van der Waals surface area contributed by atoms with Gasteiger partial charge in [0.25, 0.3) is 0 Å². The Balaban J connectivity index is 2.93. The van der Waals surface area contributed by atoms with E-state index < -0.39 is 11.9 Å². The van der Waals surface area contributed by atoms with E-state index in [4.69, 9.17) is 10.2 Å². The Morgan fingerprint density at radius 2 is 1.65 bits per heavy atom. The van der Waals surface area contributed by atoms with Crippen molar-refractivity contribution in [2.45, 2.75) is 26.2 Å². The molecule has 0 atom stereocenters. The van der Waals surface area contributed by atoms with Gasteiger partial charge in [-0.1, -0.05) is 6.92 Å². The lowest BCUT2D eigenvalue weighted by Gasteiger charge is -2.22. The van der Waals surface area contributed by atoms with Crippen LogP contribution >= 0.6 is 0 Å². The molecule has 1 rings (SSSR count). The minimum atomic E-state index is -1.05. The van der Waals surface area contributed by atoms with E-state index in [1.54, 1.807) is 0 Å². The van der Waals surface area contributed by atoms with Crippen LogP contribution in [0.1, 0.15) is 36.5 Å². The van der Waals surface area contributed by atoms with E-state index in [-0.39, 0.29) is 24.4 Å². The summed E-state index contributed by atoms with van der Waals surface area (Å²) >= 11 is 0. The zero-order valence-corrected chi connectivity index (χ0v) is 11.2. The molecule has 6 heteroatoms. The average molecular weight is 279 g/mol. The summed E-state index contributed by atoms with van der Waals surface area (Å²) in [5.74, 6) is -2.20. The van der Waals surface area contributed by atoms with Crippen LogP contribution in [0.4, 0.5) is 5.69 Å². The van der Waals surface area contributed by atoms with Gasteiger partial charge in [0.2, 0.25) is 5.91 Å². The number of nitrogens with zero attached hydrogens (tertiary/aromatic N) is 1. The number of aliphatic carboxylic acids is 1. The van der Waals surface area contributed by atoms with Gasteiger partial charge in [-0.3, -0.25) is 9.59 Å². The van der Waals surface area contributed by atoms with Crippen molar-refractivity contribution in [3.05, 3.63) is 29.8 Å². The molecule has 108 valence electrons. The summed E-state index contributed by atoms with van der Waals surface area (Å²) in [4.78, 5) is 34.8. The van der Waals surface area contributed by atoms with Crippen LogP contribution in [0.25, 0.3) is 0 Å². The Bertz CT molecular complexity index is 495. The van der Waals surface area contributed by atoms with E-state index in [1.807, 2.05) is 6.92 Å². The maximum Gasteiger partial charge on any atom is 0.335 e. The molecule has 0 aliphatic heterocycles. The van der Waals surface area contributed by atoms with Crippen molar-refractivity contribution in [1.82, 2.24) is 0 Å². The number of aromatic carboxylic acids is 1. The first-order chi connectivity index (χ1) is 9.45. The van der Waals surface area contributed by atoms with Crippen molar-refractivity contribution in [2.24, 2.45) is 0 Å². The zero-order chi connectivity index (χ0) is 15.1. The fraction of sp³-hybridized carbons (Fsp3) is 0.357. The van der Waals surface area contributed by atoms with E-state index in [0.717, 1.165) is 0 Å². The molecule has 1 amide bonds. The third-order valence-corrected chi connectivity index (χ3v) is 2.74. The number of rotatable bonds is 7. The summed E-state index contributed by atoms with van der Waals surface area (Å²) in [7, 11) is 0. The fourth-order valence-corrected chi connectivity index (χ4v) is 1.74. The van der Waals surface area contributed by atoms with E-state index in [2.05, 4.69) is 0 Å². The van der Waals surface area contributed by atoms with Crippen LogP contribution in [0.15, 0.2) is 24.3 Å². The molecule has 6 nitrogen and oxygen atoms in total. The standard InChI is InChI=1S/C14H17NO5/c1-2-3-12(16)15(9-8-13(17)18)11-6-4-10(5-7-11)14(19)20/h4-7H,2-3,8-9H2,1H3,(H,17,18)(H,19,20). The van der Waals surface area contributed by atoms with Crippen LogP contribution in [-0.2, 0) is 9.59 Å². The van der Waals surface area contributed by atoms with Gasteiger partial charge in [-0.2, -0.15) is 0 Å². The second-order valence-corrected chi connectivity index (χ2v) is 4.29. The molecule has 0 unspecified atom stereocenters. The molecule has 0 bridgehead atoms. The Hall–Kier alpha value is -2.37. The number of hydrogen-bond acceptors (Lipinski definition) is 3. The number of carboxylic acid groups (broad SMARTS) is 2. The summed E-state index contributed by atoms with van der Waals surface area (Å²) in [6, 6.07) is 5.81. The van der Waals surface area contributed by atoms with E-state index >= 15 is 0 Å². The van der Waals surface area contributed by atoms with Crippen molar-refractivity contribution in [3.63, 3.8) is 0 Å². The van der Waals surface area contributed by atoms with E-state index in [9.17, 15) is 14.4 Å². The molecule has 0 saturated carbocycles. The fourth-order valence-electron chi connectivity index (χ4n) is 1.74. The Morgan fingerprint density at radius 3 is 2.10 bits per heavy atom. The van der Waals surface area contributed by atoms with E-state index in [0.29, 0.717) is 18.5 Å². The van der Waals surface area contributed by atoms with Gasteiger partial charge in [0.15, 0.2) is 0 Å². The monoisotopic (exact) mass is 279 g/mol. The van der Waals surface area contributed by atoms with Gasteiger partial charge in [-0.05, 0) is 30.7 Å². The lowest BCUT2D eigenvalue weighted by atomic mass is 10.1. The summed E-state index contributed by atoms with van der Waals surface area (Å²) in [5.41, 5.74) is 0.629. The first-order valence-corrected chi connectivity index (χ1v) is 6.31. The molecule has 0 aliphatic rings. The van der Waals surface area contributed by atoms with E-state index in [1.165, 1.54) is 29.2 Å². The van der Waals surface area contributed by atoms with Crippen LogP contribution in [0, 0.1) is 0 Å². The topological polar surface area (TPSA) is 94.9 Å². The maximum absolute atomic E-state index is 12.0. The molecular weight excluding hydrogens is 262 g/mol. The average Bonchev–Trinajstić information content (AvgIpc) is 2.39. The van der Waals surface area contributed by atoms with Gasteiger partial charge in [0.05, 0.1) is 12.0 Å². The summed E-state index contributed by atoms with van der Waals surface area (Å²) in [6.07, 6.45) is 0.825. The summed E-state index contributed by atoms with van der Waals surface area (Å²) < 4.78 is 0. The minimum absolute atomic E-state index is 0.0700. The number of carbonyl (C=O) groups is 3. The largest absolute Gasteiger partial charge is 0.481 e. The molecule has 2 N–H and O–H groups in total. The normalized spacial score (nSPS) is 10.1. The van der Waals surface area contributed by atoms with Gasteiger partial charge >= 0.3 is 11.9 Å². The third kappa shape index (κ3) is 4.38. The number of carboxylic acids is 2. The molecule has 1 aromatic carbocycles. The maximum atomic E-state index is 12.0. The molecule has 0 radical (unpaired) electrons. The van der Waals surface area contributed by atoms with Gasteiger partial charge < -0.3 is 15.1 Å². The van der Waals surface area contributed by atoms with Crippen LogP contribution in [0.3, 0.4) is 0 Å². The Kier molecular flexibility index (Phi) is 5.71. The van der Waals surface area contributed by atoms with Crippen molar-refractivity contribution in [3.8, 4) is 0 Å². The van der Waals surface area contributed by atoms with Crippen molar-refractivity contribution >= 4 is 23.5 Å². The highest BCUT2D eigenvalue weighted by molar-refractivity contribution is 5.94. The molecule has 1 aromatic rings. The lowest BCUT2D eigenvalue weighted by molar-refractivity contribution is -0.136. The second-order valence-electron chi connectivity index (χ2n) is 4.29. The van der Waals surface area contributed by atoms with Crippen molar-refractivity contribution in [2.75, 3.05) is 11.4 Å². The zero-order valence-electron chi connectivity index (χ0n) is 11.2. The molecule has 0 spiro atoms. The number of amides is 1. The molecule has 0 heterocycles. The van der Waals surface area contributed by atoms with Crippen LogP contribution in [-0.4, -0.2) is 34.6 Å². The van der Waals surface area contributed by atoms with Gasteiger partial charge in [-0.15, -0.1) is 0 Å². The summed E-state index contributed by atoms with van der Waals surface area (Å²) in [5, 5.41) is 17.5. The molecule has 0 saturated heterocycles. The van der Waals surface area contributed by atoms with Gasteiger partial charge in [-0.25, -0.2) is 4.79 Å². The molecule has 0 aromatic heterocycles. The van der Waals surface area contributed by atoms with Gasteiger partial charge in [0, 0.05) is 18.7 Å². The highest BCUT2D eigenvalue weighted by Crippen LogP contribution is 2.17. The predicted molar refractivity (Wildman–Crippen MR) is 72.9 cm³/mol. The first-order valence-electron chi connectivity index (χ1n) is 6.31. The number of carbonyl (C=O) groups excluding carboxylic acids is 1. The number of hydrogen-bond donors (Lipinski definition) is 2. The highest BCUT2D eigenvalue weighted by Gasteiger charge is 2.16. The number of benzene rings is 1. The highest BCUT2D eigenvalue weighted by atomic mass is 16.4. The van der Waals surface area contributed by atoms with Crippen molar-refractivity contribution < 1.29 is 24.6 Å². The molecule has 0 aliphatic carbocycles. The van der Waals surface area contributed by atoms with Crippen molar-refractivity contribution in [1.29, 1.82) is 0 Å². The van der Waals surface area contributed by atoms with Crippen LogP contribution < -0.4 is 4.90 Å². The Labute approximate surface area is 116 Å². The quantitative estimate of drug-likeness (QED) is 0.795. The molecular formula is C14H17NO5. The predicted octanol–water partition coefficient (Wildman–Crippen LogP) is 1.99. The first kappa shape index (κ1) is 15.7. The molecule has 0 fully saturated rings. The third-order valence-electron chi connectivity index (χ3n) is 2.74. The van der Waals surface area contributed by atoms with Gasteiger partial charge in [0.1, 0.15) is 0 Å². The van der Waals surface area contributed by atoms with Crippen LogP contribution in [0.5, 0.6) is 0 Å². The number of anilines is 1. The second kappa shape index (κ2) is 7.28. The molecule has 20 heavy (non-hydrogen) atoms. The smallest absolute Gasteiger partial charge is 0.335 e. The SMILES string of the molecule is CCCC(=O)N(CCC(=O)O)c1ccc(C(=O)O)cc1.